The van der Waals surface area contributed by atoms with Crippen LogP contribution in [-0.4, -0.2) is 35.0 Å². The van der Waals surface area contributed by atoms with E-state index < -0.39 is 17.7 Å². The Morgan fingerprint density at radius 3 is 2.34 bits per heavy atom. The standard InChI is InChI=1S/C19H22BrNO4.C8H5BrO/c1-19(2,3)25-18(23)21-9-5-4-6-14(21)17(22)16-11-12-10-13(20)7-8-15(12)24-16;9-7-1-2-8-6(5-7)3-4-10-8/h7-8,10-11,14H,4-6,9H2,1-3H3;1-5H. The van der Waals surface area contributed by atoms with Gasteiger partial charge in [0.15, 0.2) is 5.76 Å². The zero-order valence-electron chi connectivity index (χ0n) is 19.8. The second-order valence-electron chi connectivity index (χ2n) is 9.45. The fraction of sp³-hybridized carbons (Fsp3) is 0.333. The summed E-state index contributed by atoms with van der Waals surface area (Å²) in [6, 6.07) is 14.7. The highest BCUT2D eigenvalue weighted by atomic mass is 79.9. The van der Waals surface area contributed by atoms with Crippen molar-refractivity contribution in [2.45, 2.75) is 51.7 Å². The lowest BCUT2D eigenvalue weighted by atomic mass is 9.97. The van der Waals surface area contributed by atoms with Gasteiger partial charge in [-0.15, -0.1) is 0 Å². The first-order chi connectivity index (χ1) is 16.6. The Morgan fingerprint density at radius 2 is 1.63 bits per heavy atom. The molecule has 184 valence electrons. The third-order valence-corrected chi connectivity index (χ3v) is 6.56. The molecule has 0 bridgehead atoms. The Morgan fingerprint density at radius 1 is 0.943 bits per heavy atom. The van der Waals surface area contributed by atoms with Crippen LogP contribution in [0.2, 0.25) is 0 Å². The van der Waals surface area contributed by atoms with Crippen molar-refractivity contribution in [2.24, 2.45) is 0 Å². The molecule has 0 aliphatic carbocycles. The maximum absolute atomic E-state index is 13.0. The largest absolute Gasteiger partial charge is 0.464 e. The van der Waals surface area contributed by atoms with Gasteiger partial charge in [0, 0.05) is 26.3 Å². The second-order valence-corrected chi connectivity index (χ2v) is 11.3. The number of piperidine rings is 1. The normalized spacial score (nSPS) is 16.1. The molecule has 2 aromatic carbocycles. The minimum absolute atomic E-state index is 0.169. The number of hydrogen-bond acceptors (Lipinski definition) is 5. The van der Waals surface area contributed by atoms with Gasteiger partial charge in [-0.1, -0.05) is 31.9 Å². The monoisotopic (exact) mass is 603 g/mol. The van der Waals surface area contributed by atoms with E-state index in [1.165, 1.54) is 0 Å². The number of nitrogens with zero attached hydrogens (tertiary/aromatic N) is 1. The molecule has 1 fully saturated rings. The number of amides is 1. The Hall–Kier alpha value is -2.58. The summed E-state index contributed by atoms with van der Waals surface area (Å²) in [4.78, 5) is 27.0. The third-order valence-electron chi connectivity index (χ3n) is 5.57. The van der Waals surface area contributed by atoms with Crippen LogP contribution in [0.4, 0.5) is 4.79 Å². The van der Waals surface area contributed by atoms with E-state index in [1.54, 1.807) is 17.2 Å². The fourth-order valence-electron chi connectivity index (χ4n) is 3.98. The zero-order chi connectivity index (χ0) is 25.2. The lowest BCUT2D eigenvalue weighted by Gasteiger charge is -2.35. The molecule has 0 saturated carbocycles. The Bertz CT molecular complexity index is 1350. The van der Waals surface area contributed by atoms with E-state index in [2.05, 4.69) is 31.9 Å². The van der Waals surface area contributed by atoms with Crippen LogP contribution in [0.25, 0.3) is 21.9 Å². The average molecular weight is 605 g/mol. The van der Waals surface area contributed by atoms with Crippen molar-refractivity contribution in [3.05, 3.63) is 69.5 Å². The summed E-state index contributed by atoms with van der Waals surface area (Å²) in [5, 5.41) is 1.99. The molecule has 4 aromatic rings. The van der Waals surface area contributed by atoms with Crippen molar-refractivity contribution < 1.29 is 23.2 Å². The van der Waals surface area contributed by atoms with E-state index in [0.29, 0.717) is 18.5 Å². The van der Waals surface area contributed by atoms with Crippen molar-refractivity contribution in [2.75, 3.05) is 6.54 Å². The van der Waals surface area contributed by atoms with Crippen molar-refractivity contribution in [3.63, 3.8) is 0 Å². The highest BCUT2D eigenvalue weighted by Gasteiger charge is 2.36. The van der Waals surface area contributed by atoms with Crippen molar-refractivity contribution in [1.29, 1.82) is 0 Å². The van der Waals surface area contributed by atoms with E-state index in [4.69, 9.17) is 13.6 Å². The molecule has 0 N–H and O–H groups in total. The minimum atomic E-state index is -0.590. The van der Waals surface area contributed by atoms with E-state index in [-0.39, 0.29) is 11.5 Å². The third kappa shape index (κ3) is 6.35. The van der Waals surface area contributed by atoms with Gasteiger partial charge in [-0.2, -0.15) is 0 Å². The molecule has 2 aromatic heterocycles. The molecule has 8 heteroatoms. The van der Waals surface area contributed by atoms with Gasteiger partial charge in [0.05, 0.1) is 6.26 Å². The van der Waals surface area contributed by atoms with Crippen molar-refractivity contribution >= 4 is 65.7 Å². The summed E-state index contributed by atoms with van der Waals surface area (Å²) in [6.07, 6.45) is 3.65. The molecule has 1 atom stereocenters. The van der Waals surface area contributed by atoms with Crippen LogP contribution in [0.5, 0.6) is 0 Å². The van der Waals surface area contributed by atoms with Crippen LogP contribution in [0.3, 0.4) is 0 Å². The Labute approximate surface area is 220 Å². The number of carbonyl (C=O) groups is 2. The van der Waals surface area contributed by atoms with Crippen LogP contribution in [0.15, 0.2) is 72.6 Å². The van der Waals surface area contributed by atoms with E-state index >= 15 is 0 Å². The van der Waals surface area contributed by atoms with Crippen LogP contribution >= 0.6 is 31.9 Å². The number of hydrogen-bond donors (Lipinski definition) is 0. The molecular formula is C27H27Br2NO5. The number of halogens is 2. The van der Waals surface area contributed by atoms with Crippen molar-refractivity contribution in [1.82, 2.24) is 4.90 Å². The Kier molecular flexibility index (Phi) is 7.71. The quantitative estimate of drug-likeness (QED) is 0.215. The number of carbonyl (C=O) groups excluding carboxylic acids is 2. The number of ether oxygens (including phenoxy) is 1. The molecule has 1 aliphatic rings. The number of rotatable bonds is 2. The van der Waals surface area contributed by atoms with Gasteiger partial charge in [-0.3, -0.25) is 9.69 Å². The first-order valence-corrected chi connectivity index (χ1v) is 13.0. The van der Waals surface area contributed by atoms with Gasteiger partial charge < -0.3 is 13.6 Å². The highest BCUT2D eigenvalue weighted by molar-refractivity contribution is 9.10. The van der Waals surface area contributed by atoms with Crippen LogP contribution in [0, 0.1) is 0 Å². The molecule has 1 amide bonds. The number of likely N-dealkylation sites (tertiary alicyclic amines) is 1. The van der Waals surface area contributed by atoms with Crippen LogP contribution < -0.4 is 0 Å². The molecule has 1 saturated heterocycles. The minimum Gasteiger partial charge on any atom is -0.464 e. The maximum Gasteiger partial charge on any atom is 0.410 e. The topological polar surface area (TPSA) is 72.9 Å². The molecular weight excluding hydrogens is 578 g/mol. The molecule has 3 heterocycles. The smallest absolute Gasteiger partial charge is 0.410 e. The summed E-state index contributed by atoms with van der Waals surface area (Å²) in [5.41, 5.74) is 1.00. The fourth-order valence-corrected chi connectivity index (χ4v) is 4.74. The molecule has 6 nitrogen and oxygen atoms in total. The van der Waals surface area contributed by atoms with Gasteiger partial charge in [0.1, 0.15) is 22.8 Å². The summed E-state index contributed by atoms with van der Waals surface area (Å²) in [6.45, 7) is 5.99. The molecule has 0 spiro atoms. The number of fused-ring (bicyclic) bond motifs is 2. The number of benzene rings is 2. The van der Waals surface area contributed by atoms with Gasteiger partial charge in [-0.05, 0) is 88.6 Å². The van der Waals surface area contributed by atoms with Crippen LogP contribution in [0.1, 0.15) is 50.6 Å². The predicted molar refractivity (Wildman–Crippen MR) is 143 cm³/mol. The maximum atomic E-state index is 13.0. The summed E-state index contributed by atoms with van der Waals surface area (Å²) >= 11 is 6.79. The predicted octanol–water partition coefficient (Wildman–Crippen LogP) is 8.36. The molecule has 35 heavy (non-hydrogen) atoms. The second kappa shape index (κ2) is 10.6. The summed E-state index contributed by atoms with van der Waals surface area (Å²) in [5.74, 6) is 0.117. The average Bonchev–Trinajstić information content (AvgIpc) is 3.44. The molecule has 1 aliphatic heterocycles. The zero-order valence-corrected chi connectivity index (χ0v) is 23.0. The van der Waals surface area contributed by atoms with Gasteiger partial charge in [-0.25, -0.2) is 4.79 Å². The van der Waals surface area contributed by atoms with E-state index in [1.807, 2.05) is 63.2 Å². The van der Waals surface area contributed by atoms with Crippen LogP contribution in [-0.2, 0) is 4.74 Å². The first-order valence-electron chi connectivity index (χ1n) is 11.5. The van der Waals surface area contributed by atoms with E-state index in [9.17, 15) is 9.59 Å². The summed E-state index contributed by atoms with van der Waals surface area (Å²) < 4.78 is 18.3. The summed E-state index contributed by atoms with van der Waals surface area (Å²) in [7, 11) is 0. The van der Waals surface area contributed by atoms with Gasteiger partial charge >= 0.3 is 6.09 Å². The number of ketones is 1. The number of furan rings is 2. The Balaban J connectivity index is 0.000000239. The molecule has 1 unspecified atom stereocenters. The van der Waals surface area contributed by atoms with Gasteiger partial charge in [0.2, 0.25) is 5.78 Å². The highest BCUT2D eigenvalue weighted by Crippen LogP contribution is 2.28. The molecule has 5 rings (SSSR count). The van der Waals surface area contributed by atoms with E-state index in [0.717, 1.165) is 38.1 Å². The van der Waals surface area contributed by atoms with Gasteiger partial charge in [0.25, 0.3) is 0 Å². The first kappa shape index (κ1) is 25.5. The molecule has 0 radical (unpaired) electrons. The number of Topliss-reactive ketones (excluding diaryl/α,β-unsaturated/α-hetero) is 1. The van der Waals surface area contributed by atoms with Crippen molar-refractivity contribution in [3.8, 4) is 0 Å². The SMILES string of the molecule is Brc1ccc2occc2c1.CC(C)(C)OC(=O)N1CCCCC1C(=O)c1cc2cc(Br)ccc2o1. The lowest BCUT2D eigenvalue weighted by Crippen LogP contribution is -2.49. The lowest BCUT2D eigenvalue weighted by molar-refractivity contribution is 0.0101.